The molecule has 0 spiro atoms. The van der Waals surface area contributed by atoms with Gasteiger partial charge in [0.1, 0.15) is 11.4 Å². The SMILES string of the molecule is Cc1ccc2c(c1F)CCN(C(=O)OC(C)(C)C)CC2. The summed E-state index contributed by atoms with van der Waals surface area (Å²) in [5, 5.41) is 0. The Morgan fingerprint density at radius 2 is 1.90 bits per heavy atom. The van der Waals surface area contributed by atoms with Crippen molar-refractivity contribution in [2.24, 2.45) is 0 Å². The highest BCUT2D eigenvalue weighted by atomic mass is 19.1. The Labute approximate surface area is 119 Å². The van der Waals surface area contributed by atoms with E-state index < -0.39 is 5.60 Å². The molecule has 2 rings (SSSR count). The largest absolute Gasteiger partial charge is 0.444 e. The molecule has 1 amide bonds. The molecule has 0 fully saturated rings. The monoisotopic (exact) mass is 279 g/mol. The van der Waals surface area contributed by atoms with Crippen molar-refractivity contribution < 1.29 is 13.9 Å². The molecule has 0 saturated heterocycles. The average Bonchev–Trinajstić information content (AvgIpc) is 2.54. The van der Waals surface area contributed by atoms with Gasteiger partial charge in [0.2, 0.25) is 0 Å². The van der Waals surface area contributed by atoms with Crippen LogP contribution in [0.25, 0.3) is 0 Å². The van der Waals surface area contributed by atoms with E-state index in [0.29, 0.717) is 31.5 Å². The molecule has 0 atom stereocenters. The molecule has 0 bridgehead atoms. The number of rotatable bonds is 0. The number of ether oxygens (including phenoxy) is 1. The van der Waals surface area contributed by atoms with E-state index in [4.69, 9.17) is 4.74 Å². The third-order valence-corrected chi connectivity index (χ3v) is 3.47. The smallest absolute Gasteiger partial charge is 0.410 e. The number of carbonyl (C=O) groups is 1. The number of hydrogen-bond donors (Lipinski definition) is 0. The maximum atomic E-state index is 14.1. The van der Waals surface area contributed by atoms with Gasteiger partial charge < -0.3 is 9.64 Å². The second kappa shape index (κ2) is 5.43. The van der Waals surface area contributed by atoms with E-state index in [2.05, 4.69) is 0 Å². The van der Waals surface area contributed by atoms with Crippen LogP contribution in [0.3, 0.4) is 0 Å². The van der Waals surface area contributed by atoms with Crippen molar-refractivity contribution in [1.29, 1.82) is 0 Å². The summed E-state index contributed by atoms with van der Waals surface area (Å²) in [7, 11) is 0. The van der Waals surface area contributed by atoms with Crippen molar-refractivity contribution in [3.05, 3.63) is 34.6 Å². The number of benzene rings is 1. The van der Waals surface area contributed by atoms with Crippen molar-refractivity contribution in [1.82, 2.24) is 4.90 Å². The number of halogens is 1. The minimum atomic E-state index is -0.502. The first-order chi connectivity index (χ1) is 9.28. The summed E-state index contributed by atoms with van der Waals surface area (Å²) in [5.74, 6) is -0.131. The minimum Gasteiger partial charge on any atom is -0.444 e. The highest BCUT2D eigenvalue weighted by Crippen LogP contribution is 2.22. The number of amides is 1. The molecule has 1 aromatic rings. The van der Waals surface area contributed by atoms with Crippen LogP contribution >= 0.6 is 0 Å². The van der Waals surface area contributed by atoms with Crippen LogP contribution in [0, 0.1) is 12.7 Å². The highest BCUT2D eigenvalue weighted by Gasteiger charge is 2.25. The summed E-state index contributed by atoms with van der Waals surface area (Å²) in [6.07, 6.45) is 0.899. The zero-order valence-electron chi connectivity index (χ0n) is 12.6. The Bertz CT molecular complexity index is 520. The fourth-order valence-electron chi connectivity index (χ4n) is 2.41. The molecule has 0 N–H and O–H groups in total. The first-order valence-corrected chi connectivity index (χ1v) is 7.03. The van der Waals surface area contributed by atoms with Crippen LogP contribution in [-0.4, -0.2) is 29.7 Å². The van der Waals surface area contributed by atoms with Crippen molar-refractivity contribution in [3.63, 3.8) is 0 Å². The summed E-state index contributed by atoms with van der Waals surface area (Å²) in [6, 6.07) is 3.77. The van der Waals surface area contributed by atoms with Gasteiger partial charge in [-0.25, -0.2) is 9.18 Å². The van der Waals surface area contributed by atoms with E-state index in [1.165, 1.54) is 0 Å². The quantitative estimate of drug-likeness (QED) is 0.727. The lowest BCUT2D eigenvalue weighted by Gasteiger charge is -2.26. The molecule has 0 radical (unpaired) electrons. The number of aryl methyl sites for hydroxylation is 1. The van der Waals surface area contributed by atoms with Gasteiger partial charge >= 0.3 is 6.09 Å². The number of nitrogens with zero attached hydrogens (tertiary/aromatic N) is 1. The Morgan fingerprint density at radius 3 is 2.55 bits per heavy atom. The zero-order chi connectivity index (χ0) is 14.9. The molecule has 0 saturated carbocycles. The molecule has 1 aliphatic rings. The molecule has 4 heteroatoms. The molecular formula is C16H22FNO2. The normalized spacial score (nSPS) is 15.6. The second-order valence-corrected chi connectivity index (χ2v) is 6.30. The highest BCUT2D eigenvalue weighted by molar-refractivity contribution is 5.68. The fourth-order valence-corrected chi connectivity index (χ4v) is 2.41. The summed E-state index contributed by atoms with van der Waals surface area (Å²) in [4.78, 5) is 13.7. The summed E-state index contributed by atoms with van der Waals surface area (Å²) < 4.78 is 19.5. The van der Waals surface area contributed by atoms with Gasteiger partial charge in [0.25, 0.3) is 0 Å². The Kier molecular flexibility index (Phi) is 4.02. The van der Waals surface area contributed by atoms with Crippen LogP contribution in [0.15, 0.2) is 12.1 Å². The predicted octanol–water partition coefficient (Wildman–Crippen LogP) is 3.47. The number of fused-ring (bicyclic) bond motifs is 1. The maximum absolute atomic E-state index is 14.1. The molecule has 1 aliphatic heterocycles. The van der Waals surface area contributed by atoms with Crippen LogP contribution in [0.5, 0.6) is 0 Å². The van der Waals surface area contributed by atoms with E-state index >= 15 is 0 Å². The summed E-state index contributed by atoms with van der Waals surface area (Å²) >= 11 is 0. The van der Waals surface area contributed by atoms with Crippen LogP contribution < -0.4 is 0 Å². The van der Waals surface area contributed by atoms with Gasteiger partial charge in [-0.2, -0.15) is 0 Å². The molecule has 3 nitrogen and oxygen atoms in total. The fraction of sp³-hybridized carbons (Fsp3) is 0.562. The van der Waals surface area contributed by atoms with Gasteiger partial charge in [0.15, 0.2) is 0 Å². The first-order valence-electron chi connectivity index (χ1n) is 7.03. The van der Waals surface area contributed by atoms with Gasteiger partial charge in [-0.15, -0.1) is 0 Å². The van der Waals surface area contributed by atoms with Crippen LogP contribution in [-0.2, 0) is 17.6 Å². The van der Waals surface area contributed by atoms with Gasteiger partial charge in [-0.3, -0.25) is 0 Å². The van der Waals surface area contributed by atoms with Crippen LogP contribution in [0.4, 0.5) is 9.18 Å². The average molecular weight is 279 g/mol. The van der Waals surface area contributed by atoms with E-state index in [1.807, 2.05) is 26.8 Å². The third-order valence-electron chi connectivity index (χ3n) is 3.47. The molecular weight excluding hydrogens is 257 g/mol. The summed E-state index contributed by atoms with van der Waals surface area (Å²) in [5.41, 5.74) is 1.91. The molecule has 0 aliphatic carbocycles. The molecule has 0 unspecified atom stereocenters. The van der Waals surface area contributed by atoms with Gasteiger partial charge in [-0.1, -0.05) is 12.1 Å². The van der Waals surface area contributed by atoms with Crippen molar-refractivity contribution in [2.45, 2.75) is 46.1 Å². The topological polar surface area (TPSA) is 29.5 Å². The van der Waals surface area contributed by atoms with Gasteiger partial charge in [0.05, 0.1) is 0 Å². The minimum absolute atomic E-state index is 0.131. The lowest BCUT2D eigenvalue weighted by Crippen LogP contribution is -2.38. The van der Waals surface area contributed by atoms with Gasteiger partial charge in [0, 0.05) is 13.1 Å². The van der Waals surface area contributed by atoms with Crippen molar-refractivity contribution >= 4 is 6.09 Å². The van der Waals surface area contributed by atoms with E-state index in [9.17, 15) is 9.18 Å². The lowest BCUT2D eigenvalue weighted by atomic mass is 10.00. The second-order valence-electron chi connectivity index (χ2n) is 6.30. The molecule has 1 heterocycles. The lowest BCUT2D eigenvalue weighted by molar-refractivity contribution is 0.0258. The van der Waals surface area contributed by atoms with Crippen LogP contribution in [0.2, 0.25) is 0 Å². The van der Waals surface area contributed by atoms with E-state index in [0.717, 1.165) is 11.1 Å². The van der Waals surface area contributed by atoms with Crippen molar-refractivity contribution in [2.75, 3.05) is 13.1 Å². The Hall–Kier alpha value is -1.58. The Morgan fingerprint density at radius 1 is 1.25 bits per heavy atom. The van der Waals surface area contributed by atoms with E-state index in [-0.39, 0.29) is 11.9 Å². The third kappa shape index (κ3) is 3.30. The standard InChI is InChI=1S/C16H22FNO2/c1-11-5-6-12-7-9-18(10-8-13(12)14(11)17)15(19)20-16(2,3)4/h5-6H,7-10H2,1-4H3. The molecule has 110 valence electrons. The summed E-state index contributed by atoms with van der Waals surface area (Å²) in [6.45, 7) is 8.39. The van der Waals surface area contributed by atoms with E-state index in [1.54, 1.807) is 17.9 Å². The maximum Gasteiger partial charge on any atom is 0.410 e. The zero-order valence-corrected chi connectivity index (χ0v) is 12.6. The molecule has 20 heavy (non-hydrogen) atoms. The Balaban J connectivity index is 2.12. The van der Waals surface area contributed by atoms with Gasteiger partial charge in [-0.05, 0) is 57.2 Å². The van der Waals surface area contributed by atoms with Crippen LogP contribution in [0.1, 0.15) is 37.5 Å². The first kappa shape index (κ1) is 14.8. The van der Waals surface area contributed by atoms with Crippen molar-refractivity contribution in [3.8, 4) is 0 Å². The number of hydrogen-bond acceptors (Lipinski definition) is 2. The number of carbonyl (C=O) groups excluding carboxylic acids is 1. The molecule has 1 aromatic carbocycles. The predicted molar refractivity (Wildman–Crippen MR) is 76.4 cm³/mol. The molecule has 0 aromatic heterocycles.